The minimum absolute atomic E-state index is 0.129. The third-order valence-corrected chi connectivity index (χ3v) is 5.60. The Kier molecular flexibility index (Phi) is 7.67. The molecule has 0 spiro atoms. The molecule has 140 valence electrons. The highest BCUT2D eigenvalue weighted by Gasteiger charge is 2.16. The Morgan fingerprint density at radius 2 is 1.76 bits per heavy atom. The normalized spacial score (nSPS) is 15.6. The molecule has 8 heteroatoms. The number of nitrogens with one attached hydrogen (secondary N) is 2. The summed E-state index contributed by atoms with van der Waals surface area (Å²) in [6.45, 7) is 2.36. The lowest BCUT2D eigenvalue weighted by atomic mass is 10.2. The average molecular weight is 369 g/mol. The number of benzene rings is 1. The van der Waals surface area contributed by atoms with Crippen molar-refractivity contribution in [3.63, 3.8) is 0 Å². The van der Waals surface area contributed by atoms with Crippen LogP contribution in [0.3, 0.4) is 0 Å². The zero-order valence-electron chi connectivity index (χ0n) is 14.7. The molecule has 0 aromatic heterocycles. The summed E-state index contributed by atoms with van der Waals surface area (Å²) in [7, 11) is -1.96. The van der Waals surface area contributed by atoms with Crippen LogP contribution in [0.4, 0.5) is 10.5 Å². The number of methoxy groups -OCH3 is 1. The maximum absolute atomic E-state index is 12.3. The van der Waals surface area contributed by atoms with Crippen LogP contribution >= 0.6 is 0 Å². The van der Waals surface area contributed by atoms with Crippen molar-refractivity contribution in [3.05, 3.63) is 24.3 Å². The van der Waals surface area contributed by atoms with Crippen LogP contribution in [0.1, 0.15) is 32.1 Å². The second-order valence-electron chi connectivity index (χ2n) is 6.10. The molecule has 2 amide bonds. The molecule has 1 aliphatic heterocycles. The maximum Gasteiger partial charge on any atom is 0.321 e. The quantitative estimate of drug-likeness (QED) is 0.723. The van der Waals surface area contributed by atoms with Gasteiger partial charge in [-0.2, -0.15) is 0 Å². The predicted octanol–water partition coefficient (Wildman–Crippen LogP) is 2.41. The molecule has 0 bridgehead atoms. The predicted molar refractivity (Wildman–Crippen MR) is 97.2 cm³/mol. The number of nitrogens with zero attached hydrogens (tertiary/aromatic N) is 1. The molecule has 1 heterocycles. The SMILES string of the molecule is COCCCNS(=O)(=O)c1ccc(NC(=O)N2CCCCCC2)cc1. The number of anilines is 1. The smallest absolute Gasteiger partial charge is 0.321 e. The molecule has 0 saturated carbocycles. The first-order valence-corrected chi connectivity index (χ1v) is 10.2. The van der Waals surface area contributed by atoms with Gasteiger partial charge in [0.1, 0.15) is 0 Å². The summed E-state index contributed by atoms with van der Waals surface area (Å²) in [5, 5.41) is 2.83. The molecular formula is C17H27N3O4S. The van der Waals surface area contributed by atoms with E-state index < -0.39 is 10.0 Å². The average Bonchev–Trinajstić information content (AvgIpc) is 2.89. The second kappa shape index (κ2) is 9.74. The number of carbonyl (C=O) groups excluding carboxylic acids is 1. The van der Waals surface area contributed by atoms with Crippen LogP contribution in [0.2, 0.25) is 0 Å². The molecular weight excluding hydrogens is 342 g/mol. The third kappa shape index (κ3) is 6.30. The molecule has 1 saturated heterocycles. The van der Waals surface area contributed by atoms with E-state index in [9.17, 15) is 13.2 Å². The van der Waals surface area contributed by atoms with Crippen LogP contribution in [-0.4, -0.2) is 52.7 Å². The fraction of sp³-hybridized carbons (Fsp3) is 0.588. The number of hydrogen-bond donors (Lipinski definition) is 2. The number of ether oxygens (including phenoxy) is 1. The number of carbonyl (C=O) groups is 1. The van der Waals surface area contributed by atoms with E-state index in [-0.39, 0.29) is 10.9 Å². The van der Waals surface area contributed by atoms with Crippen molar-refractivity contribution >= 4 is 21.7 Å². The van der Waals surface area contributed by atoms with Crippen molar-refractivity contribution in [2.45, 2.75) is 37.0 Å². The molecule has 2 rings (SSSR count). The highest BCUT2D eigenvalue weighted by atomic mass is 32.2. The highest BCUT2D eigenvalue weighted by molar-refractivity contribution is 7.89. The molecule has 0 aliphatic carbocycles. The summed E-state index contributed by atoms with van der Waals surface area (Å²) < 4.78 is 31.8. The lowest BCUT2D eigenvalue weighted by molar-refractivity contribution is 0.196. The van der Waals surface area contributed by atoms with Gasteiger partial charge in [-0.15, -0.1) is 0 Å². The molecule has 1 fully saturated rings. The van der Waals surface area contributed by atoms with Gasteiger partial charge in [-0.25, -0.2) is 17.9 Å². The van der Waals surface area contributed by atoms with Gasteiger partial charge in [-0.3, -0.25) is 0 Å². The summed E-state index contributed by atoms with van der Waals surface area (Å²) in [5.74, 6) is 0. The van der Waals surface area contributed by atoms with Gasteiger partial charge in [0.05, 0.1) is 4.90 Å². The molecule has 25 heavy (non-hydrogen) atoms. The van der Waals surface area contributed by atoms with E-state index in [1.54, 1.807) is 19.2 Å². The van der Waals surface area contributed by atoms with Crippen molar-refractivity contribution in [2.75, 3.05) is 38.7 Å². The van der Waals surface area contributed by atoms with Crippen LogP contribution in [-0.2, 0) is 14.8 Å². The van der Waals surface area contributed by atoms with Crippen molar-refractivity contribution in [1.82, 2.24) is 9.62 Å². The van der Waals surface area contributed by atoms with Gasteiger partial charge in [-0.1, -0.05) is 12.8 Å². The van der Waals surface area contributed by atoms with Gasteiger partial charge in [0.15, 0.2) is 0 Å². The van der Waals surface area contributed by atoms with Gasteiger partial charge in [0.2, 0.25) is 10.0 Å². The molecule has 0 unspecified atom stereocenters. The van der Waals surface area contributed by atoms with E-state index >= 15 is 0 Å². The first-order chi connectivity index (χ1) is 12.0. The number of likely N-dealkylation sites (tertiary alicyclic amines) is 1. The number of amides is 2. The van der Waals surface area contributed by atoms with Gasteiger partial charge in [0.25, 0.3) is 0 Å². The van der Waals surface area contributed by atoms with Crippen molar-refractivity contribution < 1.29 is 17.9 Å². The summed E-state index contributed by atoms with van der Waals surface area (Å²) in [6.07, 6.45) is 4.99. The molecule has 7 nitrogen and oxygen atoms in total. The van der Waals surface area contributed by atoms with Crippen LogP contribution < -0.4 is 10.0 Å². The molecule has 1 aromatic carbocycles. The number of rotatable bonds is 7. The van der Waals surface area contributed by atoms with Crippen LogP contribution in [0.5, 0.6) is 0 Å². The van der Waals surface area contributed by atoms with Crippen molar-refractivity contribution in [3.8, 4) is 0 Å². The Hall–Kier alpha value is -1.64. The van der Waals surface area contributed by atoms with Crippen LogP contribution in [0.25, 0.3) is 0 Å². The lowest BCUT2D eigenvalue weighted by Crippen LogP contribution is -2.35. The summed E-state index contributed by atoms with van der Waals surface area (Å²) in [5.41, 5.74) is 0.590. The van der Waals surface area contributed by atoms with E-state index in [1.807, 2.05) is 4.90 Å². The zero-order chi connectivity index (χ0) is 18.1. The Bertz CT molecular complexity index is 638. The Balaban J connectivity index is 1.91. The number of sulfonamides is 1. The summed E-state index contributed by atoms with van der Waals surface area (Å²) in [6, 6.07) is 6.09. The molecule has 1 aliphatic rings. The van der Waals surface area contributed by atoms with Gasteiger partial charge < -0.3 is 15.0 Å². The Morgan fingerprint density at radius 1 is 1.12 bits per heavy atom. The van der Waals surface area contributed by atoms with Gasteiger partial charge in [0, 0.05) is 39.0 Å². The molecule has 1 aromatic rings. The second-order valence-corrected chi connectivity index (χ2v) is 7.87. The van der Waals surface area contributed by atoms with E-state index in [0.717, 1.165) is 38.8 Å². The monoisotopic (exact) mass is 369 g/mol. The Morgan fingerprint density at radius 3 is 2.36 bits per heavy atom. The van der Waals surface area contributed by atoms with Crippen molar-refractivity contribution in [2.24, 2.45) is 0 Å². The number of hydrogen-bond acceptors (Lipinski definition) is 4. The van der Waals surface area contributed by atoms with E-state index in [4.69, 9.17) is 4.74 Å². The standard InChI is InChI=1S/C17H27N3O4S/c1-24-14-6-11-18-25(22,23)16-9-7-15(8-10-16)19-17(21)20-12-4-2-3-5-13-20/h7-10,18H,2-6,11-14H2,1H3,(H,19,21). The van der Waals surface area contributed by atoms with E-state index in [0.29, 0.717) is 25.3 Å². The minimum Gasteiger partial charge on any atom is -0.385 e. The third-order valence-electron chi connectivity index (χ3n) is 4.13. The maximum atomic E-state index is 12.3. The fourth-order valence-electron chi connectivity index (χ4n) is 2.70. The van der Waals surface area contributed by atoms with Crippen LogP contribution in [0.15, 0.2) is 29.2 Å². The van der Waals surface area contributed by atoms with E-state index in [2.05, 4.69) is 10.0 Å². The van der Waals surface area contributed by atoms with Gasteiger partial charge >= 0.3 is 6.03 Å². The molecule has 2 N–H and O–H groups in total. The lowest BCUT2D eigenvalue weighted by Gasteiger charge is -2.20. The zero-order valence-corrected chi connectivity index (χ0v) is 15.5. The number of urea groups is 1. The minimum atomic E-state index is -3.54. The van der Waals surface area contributed by atoms with Crippen molar-refractivity contribution in [1.29, 1.82) is 0 Å². The topological polar surface area (TPSA) is 87.7 Å². The first kappa shape index (κ1) is 19.7. The van der Waals surface area contributed by atoms with E-state index in [1.165, 1.54) is 12.1 Å². The first-order valence-electron chi connectivity index (χ1n) is 8.67. The summed E-state index contributed by atoms with van der Waals surface area (Å²) in [4.78, 5) is 14.3. The highest BCUT2D eigenvalue weighted by Crippen LogP contribution is 2.16. The summed E-state index contributed by atoms with van der Waals surface area (Å²) >= 11 is 0. The fourth-order valence-corrected chi connectivity index (χ4v) is 3.77. The largest absolute Gasteiger partial charge is 0.385 e. The molecule has 0 radical (unpaired) electrons. The van der Waals surface area contributed by atoms with Crippen LogP contribution in [0, 0.1) is 0 Å². The molecule has 0 atom stereocenters. The van der Waals surface area contributed by atoms with Gasteiger partial charge in [-0.05, 0) is 43.5 Å². The Labute approximate surface area is 149 Å².